The minimum absolute atomic E-state index is 0.170. The molecule has 0 fully saturated rings. The maximum Gasteiger partial charge on any atom is 0.245 e. The fraction of sp³-hybridized carbons (Fsp3) is 0.286. The molecular weight excluding hydrogens is 366 g/mol. The van der Waals surface area contributed by atoms with Crippen LogP contribution in [0.2, 0.25) is 0 Å². The van der Waals surface area contributed by atoms with Crippen LogP contribution in [-0.4, -0.2) is 24.7 Å². The fourth-order valence-corrected chi connectivity index (χ4v) is 2.91. The molecule has 1 unspecified atom stereocenters. The molecule has 1 atom stereocenters. The van der Waals surface area contributed by atoms with Crippen LogP contribution in [-0.2, 0) is 11.3 Å². The first-order valence-corrected chi connectivity index (χ1v) is 9.24. The van der Waals surface area contributed by atoms with Crippen LogP contribution in [0.1, 0.15) is 18.9 Å². The van der Waals surface area contributed by atoms with E-state index >= 15 is 0 Å². The molecule has 0 aliphatic carbocycles. The van der Waals surface area contributed by atoms with E-state index in [1.165, 1.54) is 0 Å². The summed E-state index contributed by atoms with van der Waals surface area (Å²) >= 11 is 6.28. The van der Waals surface area contributed by atoms with Gasteiger partial charge in [0.1, 0.15) is 17.7 Å². The van der Waals surface area contributed by atoms with Gasteiger partial charge < -0.3 is 19.1 Å². The van der Waals surface area contributed by atoms with Gasteiger partial charge in [0, 0.05) is 17.3 Å². The van der Waals surface area contributed by atoms with Crippen LogP contribution >= 0.6 is 11.6 Å². The van der Waals surface area contributed by atoms with Gasteiger partial charge in [-0.05, 0) is 24.6 Å². The molecule has 6 heteroatoms. The smallest absolute Gasteiger partial charge is 0.245 e. The number of alkyl halides is 1. The molecule has 0 N–H and O–H groups in total. The molecule has 0 saturated heterocycles. The highest BCUT2D eigenvalue weighted by molar-refractivity contribution is 6.32. The van der Waals surface area contributed by atoms with Gasteiger partial charge in [0.05, 0.1) is 6.54 Å². The van der Waals surface area contributed by atoms with Crippen molar-refractivity contribution in [3.05, 3.63) is 60.7 Å². The number of anilines is 1. The topological polar surface area (TPSA) is 48.0 Å². The molecule has 142 valence electrons. The van der Waals surface area contributed by atoms with Gasteiger partial charge in [0.15, 0.2) is 11.5 Å². The second-order valence-corrected chi connectivity index (χ2v) is 6.57. The first-order valence-electron chi connectivity index (χ1n) is 8.80. The number of hydrogen-bond donors (Lipinski definition) is 0. The van der Waals surface area contributed by atoms with Gasteiger partial charge in [-0.3, -0.25) is 4.79 Å². The Morgan fingerprint density at radius 2 is 2.07 bits per heavy atom. The standard InChI is InChI=1S/C21H22ClNO4/c1-3-11-25-18-8-6-5-7-15(18)13-23(21(24)17(22)4-2)16-9-10-19-20(12-16)27-14-26-19/h3,5-10,12,17H,1,4,11,13-14H2,2H3. The SMILES string of the molecule is C=CCOc1ccccc1CN(C(=O)C(Cl)CC)c1ccc2c(c1)OCO2. The number of carbonyl (C=O) groups excluding carboxylic acids is 1. The molecule has 2 aromatic rings. The summed E-state index contributed by atoms with van der Waals surface area (Å²) in [5, 5.41) is -0.614. The summed E-state index contributed by atoms with van der Waals surface area (Å²) < 4.78 is 16.5. The van der Waals surface area contributed by atoms with E-state index in [1.54, 1.807) is 23.1 Å². The highest BCUT2D eigenvalue weighted by atomic mass is 35.5. The number of halogens is 1. The number of hydrogen-bond acceptors (Lipinski definition) is 4. The van der Waals surface area contributed by atoms with Crippen LogP contribution < -0.4 is 19.1 Å². The first kappa shape index (κ1) is 19.1. The van der Waals surface area contributed by atoms with E-state index in [9.17, 15) is 4.79 Å². The van der Waals surface area contributed by atoms with Gasteiger partial charge in [0.25, 0.3) is 0 Å². The Labute approximate surface area is 164 Å². The normalized spacial score (nSPS) is 13.1. The Kier molecular flexibility index (Phi) is 6.24. The van der Waals surface area contributed by atoms with E-state index in [1.807, 2.05) is 37.3 Å². The average Bonchev–Trinajstić information content (AvgIpc) is 3.17. The molecular formula is C21H22ClNO4. The van der Waals surface area contributed by atoms with Gasteiger partial charge in [-0.15, -0.1) is 11.6 Å². The maximum atomic E-state index is 13.0. The molecule has 0 radical (unpaired) electrons. The molecule has 1 amide bonds. The zero-order valence-corrected chi connectivity index (χ0v) is 15.9. The van der Waals surface area contributed by atoms with Crippen molar-refractivity contribution in [2.75, 3.05) is 18.3 Å². The summed E-state index contributed by atoms with van der Waals surface area (Å²) in [6.07, 6.45) is 2.22. The number of ether oxygens (including phenoxy) is 3. The van der Waals surface area contributed by atoms with Crippen molar-refractivity contribution >= 4 is 23.2 Å². The second kappa shape index (κ2) is 8.82. The molecule has 5 nitrogen and oxygen atoms in total. The summed E-state index contributed by atoms with van der Waals surface area (Å²) in [6, 6.07) is 13.0. The van der Waals surface area contributed by atoms with Crippen LogP contribution in [0.3, 0.4) is 0 Å². The Hall–Kier alpha value is -2.66. The Morgan fingerprint density at radius 1 is 1.30 bits per heavy atom. The third-order valence-corrected chi connectivity index (χ3v) is 4.71. The van der Waals surface area contributed by atoms with Crippen LogP contribution in [0, 0.1) is 0 Å². The molecule has 0 saturated carbocycles. The molecule has 0 aromatic heterocycles. The lowest BCUT2D eigenvalue weighted by Gasteiger charge is -2.26. The molecule has 1 aliphatic heterocycles. The molecule has 1 heterocycles. The number of rotatable bonds is 8. The molecule has 3 rings (SSSR count). The Balaban J connectivity index is 1.94. The lowest BCUT2D eigenvalue weighted by Crippen LogP contribution is -2.36. The highest BCUT2D eigenvalue weighted by Crippen LogP contribution is 2.36. The van der Waals surface area contributed by atoms with Gasteiger partial charge in [0.2, 0.25) is 12.7 Å². The van der Waals surface area contributed by atoms with Crippen molar-refractivity contribution in [1.82, 2.24) is 0 Å². The summed E-state index contributed by atoms with van der Waals surface area (Å²) in [7, 11) is 0. The van der Waals surface area contributed by atoms with Gasteiger partial charge in [-0.1, -0.05) is 37.8 Å². The van der Waals surface area contributed by atoms with Crippen LogP contribution in [0.15, 0.2) is 55.1 Å². The number of fused-ring (bicyclic) bond motifs is 1. The fourth-order valence-electron chi connectivity index (χ4n) is 2.79. The van der Waals surface area contributed by atoms with Crippen LogP contribution in [0.4, 0.5) is 5.69 Å². The Bertz CT molecular complexity index is 824. The maximum absolute atomic E-state index is 13.0. The number of nitrogens with zero attached hydrogens (tertiary/aromatic N) is 1. The third-order valence-electron chi connectivity index (χ3n) is 4.22. The quantitative estimate of drug-likeness (QED) is 0.493. The lowest BCUT2D eigenvalue weighted by molar-refractivity contribution is -0.118. The van der Waals surface area contributed by atoms with Crippen LogP contribution in [0.5, 0.6) is 17.2 Å². The summed E-state index contributed by atoms with van der Waals surface area (Å²) in [4.78, 5) is 14.6. The van der Waals surface area contributed by atoms with Crippen molar-refractivity contribution < 1.29 is 19.0 Å². The van der Waals surface area contributed by atoms with Crippen molar-refractivity contribution in [2.45, 2.75) is 25.3 Å². The largest absolute Gasteiger partial charge is 0.489 e. The number of amides is 1. The van der Waals surface area contributed by atoms with E-state index in [0.29, 0.717) is 42.5 Å². The van der Waals surface area contributed by atoms with Crippen molar-refractivity contribution in [3.8, 4) is 17.2 Å². The predicted molar refractivity (Wildman–Crippen MR) is 106 cm³/mol. The first-order chi connectivity index (χ1) is 13.1. The predicted octanol–water partition coefficient (Wildman–Crippen LogP) is 4.53. The second-order valence-electron chi connectivity index (χ2n) is 6.05. The Morgan fingerprint density at radius 3 is 2.85 bits per heavy atom. The average molecular weight is 388 g/mol. The zero-order valence-electron chi connectivity index (χ0n) is 15.2. The van der Waals surface area contributed by atoms with E-state index < -0.39 is 5.38 Å². The van der Waals surface area contributed by atoms with E-state index in [0.717, 1.165) is 5.56 Å². The third kappa shape index (κ3) is 4.37. The molecule has 2 aromatic carbocycles. The number of para-hydroxylation sites is 1. The van der Waals surface area contributed by atoms with E-state index in [-0.39, 0.29) is 12.7 Å². The van der Waals surface area contributed by atoms with Crippen molar-refractivity contribution in [1.29, 1.82) is 0 Å². The summed E-state index contributed by atoms with van der Waals surface area (Å²) in [5.74, 6) is 1.82. The number of carbonyl (C=O) groups is 1. The zero-order chi connectivity index (χ0) is 19.2. The highest BCUT2D eigenvalue weighted by Gasteiger charge is 2.25. The molecule has 27 heavy (non-hydrogen) atoms. The molecule has 0 bridgehead atoms. The minimum atomic E-state index is -0.614. The monoisotopic (exact) mass is 387 g/mol. The van der Waals surface area contributed by atoms with E-state index in [2.05, 4.69) is 6.58 Å². The molecule has 1 aliphatic rings. The van der Waals surface area contributed by atoms with Gasteiger partial charge in [-0.2, -0.15) is 0 Å². The minimum Gasteiger partial charge on any atom is -0.489 e. The number of benzene rings is 2. The van der Waals surface area contributed by atoms with Crippen molar-refractivity contribution in [2.24, 2.45) is 0 Å². The van der Waals surface area contributed by atoms with E-state index in [4.69, 9.17) is 25.8 Å². The van der Waals surface area contributed by atoms with Gasteiger partial charge >= 0.3 is 0 Å². The molecule has 0 spiro atoms. The van der Waals surface area contributed by atoms with Crippen molar-refractivity contribution in [3.63, 3.8) is 0 Å². The van der Waals surface area contributed by atoms with Gasteiger partial charge in [-0.25, -0.2) is 0 Å². The lowest BCUT2D eigenvalue weighted by atomic mass is 10.1. The summed E-state index contributed by atoms with van der Waals surface area (Å²) in [6.45, 7) is 6.46. The summed E-state index contributed by atoms with van der Waals surface area (Å²) in [5.41, 5.74) is 1.58. The van der Waals surface area contributed by atoms with Crippen LogP contribution in [0.25, 0.3) is 0 Å².